The van der Waals surface area contributed by atoms with Crippen molar-refractivity contribution in [3.63, 3.8) is 0 Å². The van der Waals surface area contributed by atoms with Crippen molar-refractivity contribution >= 4 is 43.5 Å². The van der Waals surface area contributed by atoms with Crippen molar-refractivity contribution in [3.05, 3.63) is 210 Å². The van der Waals surface area contributed by atoms with Crippen LogP contribution in [0.15, 0.2) is 192 Å². The molecule has 11 aromatic rings. The minimum Gasteiger partial charge on any atom is -0.455 e. The maximum Gasteiger partial charge on any atom is 0.167 e. The summed E-state index contributed by atoms with van der Waals surface area (Å²) in [6, 6.07) is 67.3. The van der Waals surface area contributed by atoms with Gasteiger partial charge in [0, 0.05) is 21.9 Å². The molecule has 2 aliphatic carbocycles. The van der Waals surface area contributed by atoms with Crippen LogP contribution < -0.4 is 0 Å². The quantitative estimate of drug-likeness (QED) is 0.169. The molecule has 0 atom stereocenters. The highest BCUT2D eigenvalue weighted by Gasteiger charge is 2.51. The zero-order valence-electron chi connectivity index (χ0n) is 31.1. The Balaban J connectivity index is 0.979. The SMILES string of the molecule is c1ccc(-c2nc(-c3ccc(-c4cccc5c4-c4ccccc4C54c5cccc6ccc7cccc4c7c56)cc3)nc(-c3cccc4c3oc3ccccc34)n2)cc1. The van der Waals surface area contributed by atoms with Crippen LogP contribution in [0.4, 0.5) is 0 Å². The largest absolute Gasteiger partial charge is 0.455 e. The molecule has 9 aromatic carbocycles. The summed E-state index contributed by atoms with van der Waals surface area (Å²) in [5.74, 6) is 1.79. The van der Waals surface area contributed by atoms with Crippen molar-refractivity contribution in [2.24, 2.45) is 0 Å². The number of aromatic nitrogens is 3. The average molecular weight is 738 g/mol. The van der Waals surface area contributed by atoms with E-state index in [2.05, 4.69) is 127 Å². The zero-order valence-corrected chi connectivity index (χ0v) is 31.1. The summed E-state index contributed by atoms with van der Waals surface area (Å²) in [5, 5.41) is 7.43. The third kappa shape index (κ3) is 4.16. The second-order valence-electron chi connectivity index (χ2n) is 15.4. The Bertz CT molecular complexity index is 3450. The van der Waals surface area contributed by atoms with Crippen LogP contribution in [-0.4, -0.2) is 15.0 Å². The standard InChI is InChI=1S/C54H31N3O/c1-2-12-35(13-3-1)51-55-52(57-53(56-51)41-20-10-19-39-38-16-5-7-25-46(38)58-50(39)41)36-30-26-32(27-31-36)37-18-11-24-45-49(37)40-17-4-6-21-42(40)54(45)43-22-8-14-33-28-29-34-15-9-23-44(54)48(34)47(33)43/h1-31H. The maximum absolute atomic E-state index is 6.44. The molecule has 0 saturated heterocycles. The lowest BCUT2D eigenvalue weighted by molar-refractivity contribution is 0.669. The van der Waals surface area contributed by atoms with Gasteiger partial charge in [0.25, 0.3) is 0 Å². The van der Waals surface area contributed by atoms with E-state index in [0.717, 1.165) is 44.2 Å². The summed E-state index contributed by atoms with van der Waals surface area (Å²) < 4.78 is 6.44. The Kier molecular flexibility index (Phi) is 6.34. The van der Waals surface area contributed by atoms with E-state index in [1.807, 2.05) is 60.7 Å². The summed E-state index contributed by atoms with van der Waals surface area (Å²) in [6.45, 7) is 0. The first-order valence-corrected chi connectivity index (χ1v) is 19.8. The molecule has 2 aliphatic rings. The molecule has 0 bridgehead atoms. The Labute approximate surface area is 333 Å². The molecule has 13 rings (SSSR count). The van der Waals surface area contributed by atoms with Crippen LogP contribution in [0.25, 0.3) is 99.9 Å². The number of hydrogen-bond donors (Lipinski definition) is 0. The summed E-state index contributed by atoms with van der Waals surface area (Å²) in [6.07, 6.45) is 0. The van der Waals surface area contributed by atoms with Gasteiger partial charge >= 0.3 is 0 Å². The molecule has 1 spiro atoms. The van der Waals surface area contributed by atoms with Gasteiger partial charge in [-0.15, -0.1) is 0 Å². The minimum atomic E-state index is -0.400. The van der Waals surface area contributed by atoms with Crippen LogP contribution in [0, 0.1) is 0 Å². The zero-order chi connectivity index (χ0) is 38.0. The first kappa shape index (κ1) is 31.5. The number of fused-ring (bicyclic) bond motifs is 10. The van der Waals surface area contributed by atoms with E-state index in [-0.39, 0.29) is 0 Å². The van der Waals surface area contributed by atoms with Gasteiger partial charge in [-0.2, -0.15) is 0 Å². The van der Waals surface area contributed by atoms with Crippen molar-refractivity contribution in [2.75, 3.05) is 0 Å². The molecule has 0 aliphatic heterocycles. The predicted octanol–water partition coefficient (Wildman–Crippen LogP) is 13.4. The molecular formula is C54H31N3O. The predicted molar refractivity (Wildman–Crippen MR) is 235 cm³/mol. The van der Waals surface area contributed by atoms with Crippen molar-refractivity contribution < 1.29 is 4.42 Å². The Hall–Kier alpha value is -7.69. The number of hydrogen-bond acceptors (Lipinski definition) is 4. The fourth-order valence-electron chi connectivity index (χ4n) is 10.1. The van der Waals surface area contributed by atoms with Gasteiger partial charge in [-0.05, 0) is 78.2 Å². The third-order valence-corrected chi connectivity index (χ3v) is 12.5. The fraction of sp³-hybridized carbons (Fsp3) is 0.0185. The summed E-state index contributed by atoms with van der Waals surface area (Å²) in [5.41, 5.74) is 14.2. The molecule has 0 N–H and O–H groups in total. The second-order valence-corrected chi connectivity index (χ2v) is 15.4. The summed E-state index contributed by atoms with van der Waals surface area (Å²) in [4.78, 5) is 15.2. The van der Waals surface area contributed by atoms with Gasteiger partial charge in [0.1, 0.15) is 11.2 Å². The number of benzene rings is 9. The maximum atomic E-state index is 6.44. The van der Waals surface area contributed by atoms with E-state index in [0.29, 0.717) is 17.5 Å². The van der Waals surface area contributed by atoms with Gasteiger partial charge in [-0.1, -0.05) is 176 Å². The van der Waals surface area contributed by atoms with Gasteiger partial charge in [-0.3, -0.25) is 0 Å². The highest BCUT2D eigenvalue weighted by atomic mass is 16.3. The molecule has 0 radical (unpaired) electrons. The van der Waals surface area contributed by atoms with Crippen LogP contribution in [0.2, 0.25) is 0 Å². The molecule has 58 heavy (non-hydrogen) atoms. The molecular weight excluding hydrogens is 707 g/mol. The Morgan fingerprint density at radius 2 is 0.879 bits per heavy atom. The fourth-order valence-corrected chi connectivity index (χ4v) is 10.1. The van der Waals surface area contributed by atoms with E-state index in [9.17, 15) is 0 Å². The van der Waals surface area contributed by atoms with E-state index in [1.54, 1.807) is 0 Å². The van der Waals surface area contributed by atoms with Crippen molar-refractivity contribution in [1.82, 2.24) is 15.0 Å². The molecule has 2 aromatic heterocycles. The first-order chi connectivity index (χ1) is 28.8. The number of rotatable bonds is 4. The lowest BCUT2D eigenvalue weighted by atomic mass is 9.70. The molecule has 4 nitrogen and oxygen atoms in total. The van der Waals surface area contributed by atoms with Gasteiger partial charge in [-0.25, -0.2) is 15.0 Å². The van der Waals surface area contributed by atoms with Gasteiger partial charge in [0.15, 0.2) is 17.5 Å². The van der Waals surface area contributed by atoms with Crippen LogP contribution in [-0.2, 0) is 5.41 Å². The lowest BCUT2D eigenvalue weighted by Gasteiger charge is -2.31. The van der Waals surface area contributed by atoms with Gasteiger partial charge < -0.3 is 4.42 Å². The van der Waals surface area contributed by atoms with Crippen LogP contribution in [0.1, 0.15) is 22.3 Å². The van der Waals surface area contributed by atoms with Gasteiger partial charge in [0.05, 0.1) is 11.0 Å². The van der Waals surface area contributed by atoms with Crippen molar-refractivity contribution in [1.29, 1.82) is 0 Å². The number of nitrogens with zero attached hydrogens (tertiary/aromatic N) is 3. The van der Waals surface area contributed by atoms with Crippen LogP contribution in [0.3, 0.4) is 0 Å². The van der Waals surface area contributed by atoms with Crippen molar-refractivity contribution in [2.45, 2.75) is 5.41 Å². The van der Waals surface area contributed by atoms with E-state index < -0.39 is 5.41 Å². The lowest BCUT2D eigenvalue weighted by Crippen LogP contribution is -2.26. The molecule has 0 unspecified atom stereocenters. The molecule has 0 amide bonds. The second kappa shape index (κ2) is 11.7. The smallest absolute Gasteiger partial charge is 0.167 e. The normalized spacial score (nSPS) is 13.3. The monoisotopic (exact) mass is 737 g/mol. The van der Waals surface area contributed by atoms with E-state index >= 15 is 0 Å². The highest BCUT2D eigenvalue weighted by molar-refractivity contribution is 6.18. The summed E-state index contributed by atoms with van der Waals surface area (Å²) >= 11 is 0. The Morgan fingerprint density at radius 1 is 0.345 bits per heavy atom. The van der Waals surface area contributed by atoms with E-state index in [4.69, 9.17) is 19.4 Å². The minimum absolute atomic E-state index is 0.400. The average Bonchev–Trinajstić information content (AvgIpc) is 3.93. The summed E-state index contributed by atoms with van der Waals surface area (Å²) in [7, 11) is 0. The van der Waals surface area contributed by atoms with E-state index in [1.165, 1.54) is 60.5 Å². The van der Waals surface area contributed by atoms with Crippen molar-refractivity contribution in [3.8, 4) is 56.4 Å². The first-order valence-electron chi connectivity index (χ1n) is 19.8. The topological polar surface area (TPSA) is 51.8 Å². The Morgan fingerprint density at radius 3 is 1.66 bits per heavy atom. The molecule has 0 fully saturated rings. The number of furan rings is 1. The molecule has 4 heteroatoms. The molecule has 0 saturated carbocycles. The van der Waals surface area contributed by atoms with Crippen LogP contribution in [0.5, 0.6) is 0 Å². The molecule has 2 heterocycles. The van der Waals surface area contributed by atoms with Crippen LogP contribution >= 0.6 is 0 Å². The molecule has 268 valence electrons. The number of para-hydroxylation sites is 2. The highest BCUT2D eigenvalue weighted by Crippen LogP contribution is 2.63. The third-order valence-electron chi connectivity index (χ3n) is 12.5. The van der Waals surface area contributed by atoms with Gasteiger partial charge in [0.2, 0.25) is 0 Å².